The Bertz CT molecular complexity index is 708. The summed E-state index contributed by atoms with van der Waals surface area (Å²) in [6, 6.07) is 15.3. The van der Waals surface area contributed by atoms with E-state index in [9.17, 15) is 0 Å². The zero-order chi connectivity index (χ0) is 18.4. The minimum Gasteiger partial charge on any atom is -0.361 e. The number of rotatable bonds is 6. The van der Waals surface area contributed by atoms with Crippen LogP contribution in [0.25, 0.3) is 0 Å². The summed E-state index contributed by atoms with van der Waals surface area (Å²) < 4.78 is 0. The van der Waals surface area contributed by atoms with Gasteiger partial charge in [0.05, 0.1) is 6.04 Å². The number of nitrogens with one attached hydrogen (secondary N) is 2. The average molecular weight is 356 g/mol. The first-order valence-corrected chi connectivity index (χ1v) is 9.19. The van der Waals surface area contributed by atoms with Crippen LogP contribution in [-0.4, -0.2) is 30.7 Å². The molecule has 0 bridgehead atoms. The number of anilines is 1. The second-order valence-electron chi connectivity index (χ2n) is 6.66. The van der Waals surface area contributed by atoms with Gasteiger partial charge < -0.3 is 15.5 Å². The van der Waals surface area contributed by atoms with Gasteiger partial charge in [-0.25, -0.2) is 0 Å². The Morgan fingerprint density at radius 3 is 2.36 bits per heavy atom. The highest BCUT2D eigenvalue weighted by Gasteiger charge is 2.14. The largest absolute Gasteiger partial charge is 0.361 e. The molecule has 0 aliphatic carbocycles. The standard InChI is InChI=1S/C21H29N3S/c1-6-17-10-12-18(13-11-17)20(24(4)5)14-22-21(25)23-19-9-7-8-15(2)16(19)3/h7-13,20H,6,14H2,1-5H3,(H2,22,23,25)/t20-/m0/s1. The summed E-state index contributed by atoms with van der Waals surface area (Å²) in [6.07, 6.45) is 1.06. The van der Waals surface area contributed by atoms with Gasteiger partial charge in [-0.15, -0.1) is 0 Å². The van der Waals surface area contributed by atoms with E-state index in [4.69, 9.17) is 12.2 Å². The molecule has 0 aliphatic rings. The van der Waals surface area contributed by atoms with Gasteiger partial charge in [-0.05, 0) is 74.9 Å². The van der Waals surface area contributed by atoms with Crippen LogP contribution in [0.4, 0.5) is 5.69 Å². The lowest BCUT2D eigenvalue weighted by Crippen LogP contribution is -2.36. The highest BCUT2D eigenvalue weighted by atomic mass is 32.1. The van der Waals surface area contributed by atoms with Crippen molar-refractivity contribution in [2.75, 3.05) is 26.0 Å². The number of aryl methyl sites for hydroxylation is 2. The Morgan fingerprint density at radius 1 is 1.08 bits per heavy atom. The summed E-state index contributed by atoms with van der Waals surface area (Å²) in [5.74, 6) is 0. The van der Waals surface area contributed by atoms with Gasteiger partial charge in [0.25, 0.3) is 0 Å². The lowest BCUT2D eigenvalue weighted by Gasteiger charge is -2.26. The fraction of sp³-hybridized carbons (Fsp3) is 0.381. The normalized spacial score (nSPS) is 12.1. The smallest absolute Gasteiger partial charge is 0.170 e. The molecule has 0 saturated heterocycles. The molecule has 134 valence electrons. The van der Waals surface area contributed by atoms with Gasteiger partial charge in [-0.2, -0.15) is 0 Å². The molecule has 0 saturated carbocycles. The van der Waals surface area contributed by atoms with Crippen LogP contribution in [0, 0.1) is 13.8 Å². The maximum absolute atomic E-state index is 5.49. The van der Waals surface area contributed by atoms with Gasteiger partial charge in [0.1, 0.15) is 0 Å². The van der Waals surface area contributed by atoms with E-state index in [0.717, 1.165) is 18.7 Å². The zero-order valence-electron chi connectivity index (χ0n) is 15.9. The fourth-order valence-corrected chi connectivity index (χ4v) is 3.01. The number of benzene rings is 2. The molecule has 4 heteroatoms. The molecule has 0 aromatic heterocycles. The first-order valence-electron chi connectivity index (χ1n) is 8.78. The zero-order valence-corrected chi connectivity index (χ0v) is 16.7. The molecule has 0 amide bonds. The average Bonchev–Trinajstić information content (AvgIpc) is 2.59. The second-order valence-corrected chi connectivity index (χ2v) is 7.07. The summed E-state index contributed by atoms with van der Waals surface area (Å²) in [7, 11) is 4.20. The minimum atomic E-state index is 0.268. The molecule has 0 fully saturated rings. The Morgan fingerprint density at radius 2 is 1.76 bits per heavy atom. The minimum absolute atomic E-state index is 0.268. The summed E-state index contributed by atoms with van der Waals surface area (Å²) >= 11 is 5.49. The molecular weight excluding hydrogens is 326 g/mol. The van der Waals surface area contributed by atoms with Gasteiger partial charge >= 0.3 is 0 Å². The van der Waals surface area contributed by atoms with Crippen molar-refractivity contribution in [3.63, 3.8) is 0 Å². The Hall–Kier alpha value is -1.91. The highest BCUT2D eigenvalue weighted by molar-refractivity contribution is 7.80. The van der Waals surface area contributed by atoms with E-state index in [1.54, 1.807) is 0 Å². The summed E-state index contributed by atoms with van der Waals surface area (Å²) in [6.45, 7) is 7.16. The molecule has 2 N–H and O–H groups in total. The first kappa shape index (κ1) is 19.4. The quantitative estimate of drug-likeness (QED) is 0.749. The van der Waals surface area contributed by atoms with Crippen LogP contribution in [-0.2, 0) is 6.42 Å². The third-order valence-corrected chi connectivity index (χ3v) is 4.95. The van der Waals surface area contributed by atoms with E-state index in [1.807, 2.05) is 6.07 Å². The molecule has 0 radical (unpaired) electrons. The number of nitrogens with zero attached hydrogens (tertiary/aromatic N) is 1. The number of hydrogen-bond donors (Lipinski definition) is 2. The van der Waals surface area contributed by atoms with E-state index < -0.39 is 0 Å². The fourth-order valence-electron chi connectivity index (χ4n) is 2.82. The van der Waals surface area contributed by atoms with Gasteiger partial charge in [-0.3, -0.25) is 0 Å². The number of likely N-dealkylation sites (N-methyl/N-ethyl adjacent to an activating group) is 1. The van der Waals surface area contributed by atoms with E-state index in [0.29, 0.717) is 5.11 Å². The second kappa shape index (κ2) is 8.97. The van der Waals surface area contributed by atoms with Crippen molar-refractivity contribution in [1.82, 2.24) is 10.2 Å². The van der Waals surface area contributed by atoms with Crippen molar-refractivity contribution in [2.24, 2.45) is 0 Å². The molecule has 2 aromatic rings. The number of hydrogen-bond acceptors (Lipinski definition) is 2. The van der Waals surface area contributed by atoms with Gasteiger partial charge in [0, 0.05) is 12.2 Å². The maximum Gasteiger partial charge on any atom is 0.170 e. The maximum atomic E-state index is 5.49. The van der Waals surface area contributed by atoms with Gasteiger partial charge in [0.2, 0.25) is 0 Å². The molecular formula is C21H29N3S. The van der Waals surface area contributed by atoms with Crippen LogP contribution in [0.1, 0.15) is 35.2 Å². The molecule has 25 heavy (non-hydrogen) atoms. The molecule has 2 rings (SSSR count). The molecule has 0 heterocycles. The van der Waals surface area contributed by atoms with Crippen LogP contribution < -0.4 is 10.6 Å². The summed E-state index contributed by atoms with van der Waals surface area (Å²) in [5.41, 5.74) is 6.21. The van der Waals surface area contributed by atoms with Crippen LogP contribution in [0.5, 0.6) is 0 Å². The third kappa shape index (κ3) is 5.28. The first-order chi connectivity index (χ1) is 11.9. The van der Waals surface area contributed by atoms with Crippen molar-refractivity contribution in [3.05, 3.63) is 64.7 Å². The topological polar surface area (TPSA) is 27.3 Å². The van der Waals surface area contributed by atoms with Crippen LogP contribution >= 0.6 is 12.2 Å². The lowest BCUT2D eigenvalue weighted by molar-refractivity contribution is 0.299. The molecule has 2 aromatic carbocycles. The van der Waals surface area contributed by atoms with Gasteiger partial charge in [-0.1, -0.05) is 43.3 Å². The molecule has 0 aliphatic heterocycles. The summed E-state index contributed by atoms with van der Waals surface area (Å²) in [5, 5.41) is 7.34. The molecule has 3 nitrogen and oxygen atoms in total. The van der Waals surface area contributed by atoms with E-state index in [-0.39, 0.29) is 6.04 Å². The van der Waals surface area contributed by atoms with Crippen LogP contribution in [0.2, 0.25) is 0 Å². The van der Waals surface area contributed by atoms with Crippen LogP contribution in [0.3, 0.4) is 0 Å². The SMILES string of the molecule is CCc1ccc([C@H](CNC(=S)Nc2cccc(C)c2C)N(C)C)cc1. The van der Waals surface area contributed by atoms with Crippen molar-refractivity contribution in [1.29, 1.82) is 0 Å². The van der Waals surface area contributed by atoms with Crippen molar-refractivity contribution in [2.45, 2.75) is 33.2 Å². The lowest BCUT2D eigenvalue weighted by atomic mass is 10.0. The number of thiocarbonyl (C=S) groups is 1. The van der Waals surface area contributed by atoms with E-state index >= 15 is 0 Å². The van der Waals surface area contributed by atoms with Crippen LogP contribution in [0.15, 0.2) is 42.5 Å². The van der Waals surface area contributed by atoms with E-state index in [2.05, 4.69) is 86.8 Å². The summed E-state index contributed by atoms with van der Waals surface area (Å²) in [4.78, 5) is 2.22. The van der Waals surface area contributed by atoms with E-state index in [1.165, 1.54) is 22.3 Å². The Labute approximate surface area is 157 Å². The van der Waals surface area contributed by atoms with Crippen molar-refractivity contribution in [3.8, 4) is 0 Å². The van der Waals surface area contributed by atoms with Crippen molar-refractivity contribution < 1.29 is 0 Å². The molecule has 1 atom stereocenters. The molecule has 0 unspecified atom stereocenters. The molecule has 0 spiro atoms. The Kier molecular flexibility index (Phi) is 6.97. The predicted molar refractivity (Wildman–Crippen MR) is 112 cm³/mol. The monoisotopic (exact) mass is 355 g/mol. The highest BCUT2D eigenvalue weighted by Crippen LogP contribution is 2.20. The van der Waals surface area contributed by atoms with Crippen molar-refractivity contribution >= 4 is 23.0 Å². The predicted octanol–water partition coefficient (Wildman–Crippen LogP) is 4.46. The third-order valence-electron chi connectivity index (χ3n) is 4.70. The Balaban J connectivity index is 2.00. The van der Waals surface area contributed by atoms with Gasteiger partial charge in [0.15, 0.2) is 5.11 Å².